The Morgan fingerprint density at radius 3 is 2.77 bits per heavy atom. The van der Waals surface area contributed by atoms with E-state index in [0.29, 0.717) is 0 Å². The van der Waals surface area contributed by atoms with Crippen LogP contribution >= 0.6 is 0 Å². The van der Waals surface area contributed by atoms with Crippen molar-refractivity contribution in [2.45, 2.75) is 20.3 Å². The first-order valence-electron chi connectivity index (χ1n) is 8.36. The first-order chi connectivity index (χ1) is 12.5. The van der Waals surface area contributed by atoms with Gasteiger partial charge in [-0.3, -0.25) is 14.7 Å². The molecule has 0 aliphatic rings. The summed E-state index contributed by atoms with van der Waals surface area (Å²) in [5.41, 5.74) is 5.01. The molecule has 0 fully saturated rings. The molecule has 26 heavy (non-hydrogen) atoms. The lowest BCUT2D eigenvalue weighted by molar-refractivity contribution is -0.115. The van der Waals surface area contributed by atoms with Crippen molar-refractivity contribution in [1.82, 2.24) is 15.2 Å². The molecular formula is C20H18N4O2. The van der Waals surface area contributed by atoms with Gasteiger partial charge in [0, 0.05) is 28.0 Å². The van der Waals surface area contributed by atoms with Gasteiger partial charge in [0.2, 0.25) is 11.5 Å². The molecule has 0 saturated carbocycles. The third kappa shape index (κ3) is 2.97. The predicted octanol–water partition coefficient (Wildman–Crippen LogP) is 3.20. The Morgan fingerprint density at radius 2 is 1.92 bits per heavy atom. The van der Waals surface area contributed by atoms with E-state index in [1.807, 2.05) is 44.2 Å². The van der Waals surface area contributed by atoms with Crippen LogP contribution in [-0.2, 0) is 11.2 Å². The number of pyridine rings is 1. The lowest BCUT2D eigenvalue weighted by atomic mass is 10.1. The van der Waals surface area contributed by atoms with Gasteiger partial charge >= 0.3 is 0 Å². The highest BCUT2D eigenvalue weighted by molar-refractivity contribution is 5.96. The maximum atomic E-state index is 12.5. The van der Waals surface area contributed by atoms with Crippen LogP contribution in [0.15, 0.2) is 47.4 Å². The number of aryl methyl sites for hydroxylation is 2. The minimum Gasteiger partial charge on any atom is -0.326 e. The lowest BCUT2D eigenvalue weighted by Gasteiger charge is -2.11. The molecule has 2 aromatic heterocycles. The van der Waals surface area contributed by atoms with Crippen LogP contribution in [0.2, 0.25) is 0 Å². The van der Waals surface area contributed by atoms with E-state index in [1.54, 1.807) is 12.3 Å². The van der Waals surface area contributed by atoms with Crippen LogP contribution < -0.4 is 10.9 Å². The molecule has 0 radical (unpaired) electrons. The maximum Gasteiger partial charge on any atom is 0.248 e. The topological polar surface area (TPSA) is 90.6 Å². The molecule has 6 nitrogen and oxygen atoms in total. The zero-order valence-corrected chi connectivity index (χ0v) is 14.5. The van der Waals surface area contributed by atoms with Crippen LogP contribution in [0.4, 0.5) is 5.69 Å². The molecule has 0 spiro atoms. The average Bonchev–Trinajstić information content (AvgIpc) is 3.03. The highest BCUT2D eigenvalue weighted by Crippen LogP contribution is 2.24. The quantitative estimate of drug-likeness (QED) is 0.532. The lowest BCUT2D eigenvalue weighted by Crippen LogP contribution is -2.15. The van der Waals surface area contributed by atoms with Gasteiger partial charge in [-0.25, -0.2) is 0 Å². The number of nitrogens with one attached hydrogen (secondary N) is 3. The fourth-order valence-corrected chi connectivity index (χ4v) is 3.19. The summed E-state index contributed by atoms with van der Waals surface area (Å²) in [7, 11) is 0. The number of H-pyrrole nitrogens is 2. The Hall–Kier alpha value is -3.41. The number of aromatic nitrogens is 3. The van der Waals surface area contributed by atoms with E-state index in [-0.39, 0.29) is 17.9 Å². The van der Waals surface area contributed by atoms with Crippen molar-refractivity contribution in [3.63, 3.8) is 0 Å². The highest BCUT2D eigenvalue weighted by Gasteiger charge is 2.10. The number of anilines is 1. The van der Waals surface area contributed by atoms with E-state index in [0.717, 1.165) is 44.2 Å². The second-order valence-electron chi connectivity index (χ2n) is 6.55. The number of hydrogen-bond donors (Lipinski definition) is 3. The molecule has 4 rings (SSSR count). The normalized spacial score (nSPS) is 11.2. The Labute approximate surface area is 149 Å². The van der Waals surface area contributed by atoms with Gasteiger partial charge in [0.25, 0.3) is 0 Å². The number of amides is 1. The molecule has 2 aromatic carbocycles. The van der Waals surface area contributed by atoms with Gasteiger partial charge < -0.3 is 10.3 Å². The largest absolute Gasteiger partial charge is 0.326 e. The Bertz CT molecular complexity index is 1200. The van der Waals surface area contributed by atoms with Crippen LogP contribution in [0.25, 0.3) is 21.8 Å². The summed E-state index contributed by atoms with van der Waals surface area (Å²) in [5, 5.41) is 11.8. The molecule has 6 heteroatoms. The van der Waals surface area contributed by atoms with Crippen LogP contribution in [0.3, 0.4) is 0 Å². The number of carbonyl (C=O) groups is 1. The Morgan fingerprint density at radius 1 is 1.08 bits per heavy atom. The summed E-state index contributed by atoms with van der Waals surface area (Å²) in [6.45, 7) is 3.80. The standard InChI is InChI=1S/C20H18N4O2/c1-11-6-19(25)23-18-5-12(2)16(9-15(11)18)22-20(26)8-13-3-4-14-10-21-24-17(14)7-13/h3-7,9-10H,8H2,1-2H3,(H,21,24)(H,22,26)(H,23,25). The zero-order valence-electron chi connectivity index (χ0n) is 14.5. The Kier molecular flexibility index (Phi) is 3.80. The minimum atomic E-state index is -0.125. The first-order valence-corrected chi connectivity index (χ1v) is 8.36. The van der Waals surface area contributed by atoms with E-state index in [9.17, 15) is 9.59 Å². The maximum absolute atomic E-state index is 12.5. The summed E-state index contributed by atoms with van der Waals surface area (Å²) < 4.78 is 0. The monoisotopic (exact) mass is 346 g/mol. The van der Waals surface area contributed by atoms with E-state index in [2.05, 4.69) is 20.5 Å². The number of nitrogens with zero attached hydrogens (tertiary/aromatic N) is 1. The third-order valence-electron chi connectivity index (χ3n) is 4.54. The van der Waals surface area contributed by atoms with E-state index < -0.39 is 0 Å². The van der Waals surface area contributed by atoms with Crippen LogP contribution in [0, 0.1) is 13.8 Å². The van der Waals surface area contributed by atoms with Crippen molar-refractivity contribution in [3.05, 3.63) is 69.6 Å². The molecule has 130 valence electrons. The molecular weight excluding hydrogens is 328 g/mol. The zero-order chi connectivity index (χ0) is 18.3. The summed E-state index contributed by atoms with van der Waals surface area (Å²) in [6, 6.07) is 11.2. The van der Waals surface area contributed by atoms with Gasteiger partial charge in [0.05, 0.1) is 18.1 Å². The second-order valence-corrected chi connectivity index (χ2v) is 6.55. The summed E-state index contributed by atoms with van der Waals surface area (Å²) in [6.07, 6.45) is 2.03. The van der Waals surface area contributed by atoms with Crippen LogP contribution in [0.1, 0.15) is 16.7 Å². The van der Waals surface area contributed by atoms with Gasteiger partial charge in [-0.05, 0) is 48.7 Å². The van der Waals surface area contributed by atoms with E-state index >= 15 is 0 Å². The van der Waals surface area contributed by atoms with Crippen LogP contribution in [0.5, 0.6) is 0 Å². The van der Waals surface area contributed by atoms with Gasteiger partial charge in [0.1, 0.15) is 0 Å². The SMILES string of the molecule is Cc1cc2[nH]c(=O)cc(C)c2cc1NC(=O)Cc1ccc2cn[nH]c2c1. The van der Waals surface area contributed by atoms with Crippen LogP contribution in [-0.4, -0.2) is 21.1 Å². The fourth-order valence-electron chi connectivity index (χ4n) is 3.19. The van der Waals surface area contributed by atoms with Crippen molar-refractivity contribution in [1.29, 1.82) is 0 Å². The number of hydrogen-bond acceptors (Lipinski definition) is 3. The Balaban J connectivity index is 1.60. The molecule has 4 aromatic rings. The van der Waals surface area contributed by atoms with Crippen molar-refractivity contribution in [3.8, 4) is 0 Å². The molecule has 2 heterocycles. The van der Waals surface area contributed by atoms with Gasteiger partial charge in [-0.1, -0.05) is 12.1 Å². The smallest absolute Gasteiger partial charge is 0.248 e. The number of aromatic amines is 2. The summed E-state index contributed by atoms with van der Waals surface area (Å²) in [4.78, 5) is 26.9. The summed E-state index contributed by atoms with van der Waals surface area (Å²) >= 11 is 0. The van der Waals surface area contributed by atoms with Crippen molar-refractivity contribution >= 4 is 33.4 Å². The van der Waals surface area contributed by atoms with E-state index in [1.165, 1.54) is 0 Å². The molecule has 0 saturated heterocycles. The molecule has 0 aliphatic heterocycles. The fraction of sp³-hybridized carbons (Fsp3) is 0.150. The first kappa shape index (κ1) is 16.1. The molecule has 0 aliphatic carbocycles. The molecule has 1 amide bonds. The highest BCUT2D eigenvalue weighted by atomic mass is 16.1. The van der Waals surface area contributed by atoms with Gasteiger partial charge in [-0.15, -0.1) is 0 Å². The predicted molar refractivity (Wildman–Crippen MR) is 102 cm³/mol. The minimum absolute atomic E-state index is 0.0895. The number of fused-ring (bicyclic) bond motifs is 2. The molecule has 0 bridgehead atoms. The van der Waals surface area contributed by atoms with Crippen molar-refractivity contribution in [2.75, 3.05) is 5.32 Å². The number of benzene rings is 2. The second kappa shape index (κ2) is 6.15. The van der Waals surface area contributed by atoms with Crippen molar-refractivity contribution < 1.29 is 4.79 Å². The van der Waals surface area contributed by atoms with Gasteiger partial charge in [-0.2, -0.15) is 5.10 Å². The number of carbonyl (C=O) groups excluding carboxylic acids is 1. The van der Waals surface area contributed by atoms with Crippen molar-refractivity contribution in [2.24, 2.45) is 0 Å². The molecule has 3 N–H and O–H groups in total. The molecule has 0 atom stereocenters. The number of rotatable bonds is 3. The average molecular weight is 346 g/mol. The third-order valence-corrected chi connectivity index (χ3v) is 4.54. The van der Waals surface area contributed by atoms with Gasteiger partial charge in [0.15, 0.2) is 0 Å². The molecule has 0 unspecified atom stereocenters. The van der Waals surface area contributed by atoms with E-state index in [4.69, 9.17) is 0 Å². The summed E-state index contributed by atoms with van der Waals surface area (Å²) in [5.74, 6) is -0.0895.